The van der Waals surface area contributed by atoms with Crippen molar-refractivity contribution in [3.63, 3.8) is 0 Å². The van der Waals surface area contributed by atoms with Gasteiger partial charge in [-0.25, -0.2) is 13.4 Å². The number of sulfonamides is 1. The molecule has 2 aliphatic heterocycles. The van der Waals surface area contributed by atoms with Crippen LogP contribution < -0.4 is 10.0 Å². The molecular formula is C31H39FN4O6S2. The van der Waals surface area contributed by atoms with E-state index in [1.54, 1.807) is 4.90 Å². The average molecular weight is 647 g/mol. The quantitative estimate of drug-likeness (QED) is 0.252. The number of aryl methyl sites for hydroxylation is 1. The van der Waals surface area contributed by atoms with Gasteiger partial charge in [-0.15, -0.1) is 11.3 Å². The second-order valence-electron chi connectivity index (χ2n) is 11.4. The number of ether oxygens (including phenoxy) is 1. The zero-order chi connectivity index (χ0) is 31.3. The van der Waals surface area contributed by atoms with Crippen LogP contribution in [0.3, 0.4) is 0 Å². The molecule has 10 nitrogen and oxygen atoms in total. The molecule has 5 rings (SSSR count). The van der Waals surface area contributed by atoms with Gasteiger partial charge in [0.05, 0.1) is 33.7 Å². The number of amides is 1. The molecule has 44 heavy (non-hydrogen) atoms. The number of halogens is 1. The number of nitrogens with zero attached hydrogens (tertiary/aromatic N) is 2. The lowest BCUT2D eigenvalue weighted by molar-refractivity contribution is -0.137. The Morgan fingerprint density at radius 2 is 2.02 bits per heavy atom. The maximum Gasteiger partial charge on any atom is 0.303 e. The molecular weight excluding hydrogens is 607 g/mol. The highest BCUT2D eigenvalue weighted by molar-refractivity contribution is 7.89. The molecule has 0 radical (unpaired) electrons. The molecule has 3 N–H and O–H groups in total. The minimum Gasteiger partial charge on any atom is -0.481 e. The number of carboxylic acids is 1. The molecule has 2 aromatic carbocycles. The fourth-order valence-electron chi connectivity index (χ4n) is 6.02. The van der Waals surface area contributed by atoms with Crippen LogP contribution in [0.15, 0.2) is 41.3 Å². The Kier molecular flexibility index (Phi) is 10.5. The van der Waals surface area contributed by atoms with Crippen molar-refractivity contribution < 1.29 is 32.2 Å². The molecule has 2 unspecified atom stereocenters. The number of fused-ring (bicyclic) bond motifs is 2. The summed E-state index contributed by atoms with van der Waals surface area (Å²) in [5.41, 5.74) is 2.52. The number of benzene rings is 2. The van der Waals surface area contributed by atoms with Crippen molar-refractivity contribution in [3.8, 4) is 0 Å². The largest absolute Gasteiger partial charge is 0.481 e. The molecule has 13 heteroatoms. The van der Waals surface area contributed by atoms with Crippen LogP contribution in [0.1, 0.15) is 48.7 Å². The predicted octanol–water partition coefficient (Wildman–Crippen LogP) is 4.17. The normalized spacial score (nSPS) is 18.1. The summed E-state index contributed by atoms with van der Waals surface area (Å²) < 4.78 is 50.7. The Labute approximate surface area is 261 Å². The minimum absolute atomic E-state index is 0.0194. The molecule has 238 valence electrons. The van der Waals surface area contributed by atoms with E-state index in [-0.39, 0.29) is 42.1 Å². The minimum atomic E-state index is -4.27. The van der Waals surface area contributed by atoms with E-state index >= 15 is 0 Å². The number of carbonyl (C=O) groups is 2. The van der Waals surface area contributed by atoms with Gasteiger partial charge < -0.3 is 20.1 Å². The number of nitrogens with one attached hydrogen (secondary N) is 2. The number of thiazole rings is 1. The van der Waals surface area contributed by atoms with Crippen LogP contribution in [-0.4, -0.2) is 80.3 Å². The van der Waals surface area contributed by atoms with Crippen molar-refractivity contribution in [2.24, 2.45) is 5.92 Å². The molecule has 1 aromatic heterocycles. The van der Waals surface area contributed by atoms with Crippen LogP contribution in [0, 0.1) is 5.92 Å². The molecule has 0 saturated carbocycles. The Morgan fingerprint density at radius 1 is 1.25 bits per heavy atom. The zero-order valence-corrected chi connectivity index (χ0v) is 26.4. The highest BCUT2D eigenvalue weighted by atomic mass is 32.2. The van der Waals surface area contributed by atoms with Crippen molar-refractivity contribution in [1.82, 2.24) is 14.6 Å². The van der Waals surface area contributed by atoms with E-state index in [1.165, 1.54) is 17.4 Å². The fourth-order valence-corrected chi connectivity index (χ4v) is 8.50. The van der Waals surface area contributed by atoms with E-state index in [4.69, 9.17) is 4.74 Å². The number of rotatable bonds is 13. The number of anilines is 1. The molecule has 0 aliphatic carbocycles. The van der Waals surface area contributed by atoms with Gasteiger partial charge >= 0.3 is 5.97 Å². The summed E-state index contributed by atoms with van der Waals surface area (Å²) >= 11 is 1.42. The first-order chi connectivity index (χ1) is 21.2. The van der Waals surface area contributed by atoms with E-state index in [9.17, 15) is 27.5 Å². The summed E-state index contributed by atoms with van der Waals surface area (Å²) in [6.45, 7) is 3.29. The first-order valence-corrected chi connectivity index (χ1v) is 17.4. The lowest BCUT2D eigenvalue weighted by Gasteiger charge is -2.34. The van der Waals surface area contributed by atoms with Crippen LogP contribution in [-0.2, 0) is 43.6 Å². The molecule has 2 aliphatic rings. The van der Waals surface area contributed by atoms with Crippen LogP contribution in [0.4, 0.5) is 10.1 Å². The molecule has 1 amide bonds. The molecule has 0 bridgehead atoms. The summed E-state index contributed by atoms with van der Waals surface area (Å²) in [5, 5.41) is 13.1. The van der Waals surface area contributed by atoms with E-state index in [0.29, 0.717) is 68.2 Å². The Hall–Kier alpha value is -3.13. The molecule has 2 atom stereocenters. The van der Waals surface area contributed by atoms with Gasteiger partial charge in [-0.05, 0) is 67.9 Å². The van der Waals surface area contributed by atoms with Gasteiger partial charge in [-0.3, -0.25) is 14.0 Å². The van der Waals surface area contributed by atoms with Crippen LogP contribution in [0.25, 0.3) is 10.2 Å². The Bertz CT molecular complexity index is 1560. The van der Waals surface area contributed by atoms with Crippen LogP contribution >= 0.6 is 11.3 Å². The summed E-state index contributed by atoms with van der Waals surface area (Å²) in [6.07, 6.45) is 2.20. The van der Waals surface area contributed by atoms with Gasteiger partial charge in [0.15, 0.2) is 0 Å². The molecule has 3 aromatic rings. The lowest BCUT2D eigenvalue weighted by Crippen LogP contribution is -2.51. The first-order valence-electron chi connectivity index (χ1n) is 15.1. The second-order valence-corrected chi connectivity index (χ2v) is 14.2. The molecule has 1 saturated heterocycles. The maximum atomic E-state index is 14.2. The van der Waals surface area contributed by atoms with Gasteiger partial charge in [-0.2, -0.15) is 4.72 Å². The maximum absolute atomic E-state index is 14.2. The number of aliphatic carboxylic acids is 1. The van der Waals surface area contributed by atoms with Gasteiger partial charge in [0.25, 0.3) is 0 Å². The monoisotopic (exact) mass is 646 g/mol. The van der Waals surface area contributed by atoms with E-state index < -0.39 is 28.7 Å². The number of carboxylic acid groups (broad SMARTS) is 1. The van der Waals surface area contributed by atoms with Gasteiger partial charge in [-0.1, -0.05) is 18.2 Å². The summed E-state index contributed by atoms with van der Waals surface area (Å²) in [6, 6.07) is 9.81. The summed E-state index contributed by atoms with van der Waals surface area (Å²) in [5.74, 6) is -1.12. The summed E-state index contributed by atoms with van der Waals surface area (Å²) in [4.78, 5) is 31.6. The van der Waals surface area contributed by atoms with E-state index in [1.807, 2.05) is 37.3 Å². The third-order valence-electron chi connectivity index (χ3n) is 8.27. The number of hydrogen-bond acceptors (Lipinski definition) is 8. The number of hydrogen-bond donors (Lipinski definition) is 3. The van der Waals surface area contributed by atoms with Gasteiger partial charge in [0, 0.05) is 45.5 Å². The first kappa shape index (κ1) is 32.3. The number of alkyl halides is 1. The van der Waals surface area contributed by atoms with Crippen molar-refractivity contribution in [1.29, 1.82) is 0 Å². The second kappa shape index (κ2) is 14.3. The Balaban J connectivity index is 1.46. The van der Waals surface area contributed by atoms with Crippen molar-refractivity contribution in [3.05, 3.63) is 52.5 Å². The van der Waals surface area contributed by atoms with E-state index in [0.717, 1.165) is 15.8 Å². The van der Waals surface area contributed by atoms with Gasteiger partial charge in [0.2, 0.25) is 15.9 Å². The van der Waals surface area contributed by atoms with Crippen molar-refractivity contribution in [2.45, 2.75) is 68.9 Å². The van der Waals surface area contributed by atoms with Crippen LogP contribution in [0.2, 0.25) is 0 Å². The van der Waals surface area contributed by atoms with E-state index in [2.05, 4.69) is 15.0 Å². The number of likely N-dealkylation sites (tertiary alicyclic amines) is 1. The highest BCUT2D eigenvalue weighted by Crippen LogP contribution is 2.33. The molecule has 3 heterocycles. The smallest absolute Gasteiger partial charge is 0.303 e. The number of aromatic nitrogens is 1. The van der Waals surface area contributed by atoms with Crippen molar-refractivity contribution >= 4 is 49.1 Å². The highest BCUT2D eigenvalue weighted by Gasteiger charge is 2.35. The van der Waals surface area contributed by atoms with Crippen LogP contribution in [0.5, 0.6) is 0 Å². The molecule has 1 fully saturated rings. The number of carbonyl (C=O) groups excluding carboxylic acids is 1. The third-order valence-corrected chi connectivity index (χ3v) is 10.8. The van der Waals surface area contributed by atoms with Crippen molar-refractivity contribution in [2.75, 3.05) is 38.2 Å². The third kappa shape index (κ3) is 7.74. The zero-order valence-electron chi connectivity index (χ0n) is 24.8. The average Bonchev–Trinajstić information content (AvgIpc) is 3.42. The lowest BCUT2D eigenvalue weighted by atomic mass is 9.93. The molecule has 0 spiro atoms. The van der Waals surface area contributed by atoms with Gasteiger partial charge in [0.1, 0.15) is 10.9 Å². The predicted molar refractivity (Wildman–Crippen MR) is 167 cm³/mol. The SMILES string of the molecule is CCOC1CNc2c(cc(CCC(=O)O)cc2S(=O)(=O)NC(Cc2nc3ccccc3s2)C(=O)N2CCC(CCF)CC2)C1. The summed E-state index contributed by atoms with van der Waals surface area (Å²) in [7, 11) is -4.27. The topological polar surface area (TPSA) is 138 Å². The standard InChI is InChI=1S/C31H39FN4O6S2/c1-2-42-23-17-22-15-21(7-8-29(37)38)16-27(30(22)33-19-23)44(40,41)35-25(18-28-34-24-5-3-4-6-26(24)43-28)31(39)36-13-10-20(9-12-32)11-14-36/h3-6,15-16,20,23,25,33,35H,2,7-14,17-19H2,1H3,(H,37,38). The number of para-hydroxylation sites is 1. The fraction of sp³-hybridized carbons (Fsp3) is 0.516. The number of piperidine rings is 1. The Morgan fingerprint density at radius 3 is 2.73 bits per heavy atom.